The van der Waals surface area contributed by atoms with Crippen molar-refractivity contribution < 1.29 is 19.1 Å². The van der Waals surface area contributed by atoms with Crippen LogP contribution in [0, 0.1) is 6.92 Å². The van der Waals surface area contributed by atoms with Crippen LogP contribution in [0.25, 0.3) is 0 Å². The van der Waals surface area contributed by atoms with E-state index in [1.54, 1.807) is 26.0 Å². The van der Waals surface area contributed by atoms with Crippen molar-refractivity contribution in [1.82, 2.24) is 9.80 Å². The van der Waals surface area contributed by atoms with Gasteiger partial charge in [0.2, 0.25) is 11.8 Å². The molecule has 1 heterocycles. The molecule has 0 atom stereocenters. The summed E-state index contributed by atoms with van der Waals surface area (Å²) in [6, 6.07) is 3.74. The van der Waals surface area contributed by atoms with Crippen molar-refractivity contribution in [2.75, 3.05) is 40.4 Å². The Kier molecular flexibility index (Phi) is 5.47. The summed E-state index contributed by atoms with van der Waals surface area (Å²) in [4.78, 5) is 27.4. The smallest absolute Gasteiger partial charge is 0.227 e. The quantitative estimate of drug-likeness (QED) is 0.838. The van der Waals surface area contributed by atoms with Gasteiger partial charge in [-0.15, -0.1) is 0 Å². The molecule has 0 radical (unpaired) electrons. The number of carbonyl (C=O) groups is 2. The molecule has 1 fully saturated rings. The van der Waals surface area contributed by atoms with E-state index in [2.05, 4.69) is 0 Å². The zero-order valence-electron chi connectivity index (χ0n) is 14.2. The van der Waals surface area contributed by atoms with E-state index >= 15 is 0 Å². The predicted octanol–water partition coefficient (Wildman–Crippen LogP) is 1.25. The molecular formula is C17H24N2O4. The fraction of sp³-hybridized carbons (Fsp3) is 0.529. The van der Waals surface area contributed by atoms with Crippen LogP contribution in [-0.2, 0) is 16.0 Å². The van der Waals surface area contributed by atoms with Gasteiger partial charge in [-0.2, -0.15) is 0 Å². The van der Waals surface area contributed by atoms with Crippen LogP contribution in [-0.4, -0.2) is 62.0 Å². The van der Waals surface area contributed by atoms with Gasteiger partial charge in [0.1, 0.15) is 0 Å². The molecule has 1 aliphatic rings. The second-order valence-corrected chi connectivity index (χ2v) is 5.70. The van der Waals surface area contributed by atoms with E-state index in [9.17, 15) is 9.59 Å². The first kappa shape index (κ1) is 17.1. The topological polar surface area (TPSA) is 59.1 Å². The number of aryl methyl sites for hydroxylation is 1. The summed E-state index contributed by atoms with van der Waals surface area (Å²) in [6.45, 7) is 5.90. The van der Waals surface area contributed by atoms with Crippen LogP contribution in [0.5, 0.6) is 11.5 Å². The lowest BCUT2D eigenvalue weighted by atomic mass is 10.0. The molecule has 1 aromatic rings. The minimum atomic E-state index is 0.0628. The standard InChI is InChI=1S/C17H24N2O4/c1-12-9-15(22-3)16(23-4)10-14(12)11-17(21)19-7-5-18(6-8-19)13(2)20/h9-10H,5-8,11H2,1-4H3. The van der Waals surface area contributed by atoms with Crippen LogP contribution < -0.4 is 9.47 Å². The van der Waals surface area contributed by atoms with Crippen molar-refractivity contribution in [2.24, 2.45) is 0 Å². The van der Waals surface area contributed by atoms with Gasteiger partial charge >= 0.3 is 0 Å². The number of amides is 2. The van der Waals surface area contributed by atoms with E-state index in [-0.39, 0.29) is 11.8 Å². The van der Waals surface area contributed by atoms with Gasteiger partial charge in [-0.1, -0.05) is 0 Å². The van der Waals surface area contributed by atoms with Crippen molar-refractivity contribution in [3.63, 3.8) is 0 Å². The van der Waals surface area contributed by atoms with Crippen LogP contribution in [0.3, 0.4) is 0 Å². The van der Waals surface area contributed by atoms with Gasteiger partial charge in [0.05, 0.1) is 20.6 Å². The molecule has 126 valence electrons. The third kappa shape index (κ3) is 3.94. The zero-order chi connectivity index (χ0) is 17.0. The van der Waals surface area contributed by atoms with Crippen molar-refractivity contribution in [1.29, 1.82) is 0 Å². The Labute approximate surface area is 137 Å². The van der Waals surface area contributed by atoms with Crippen LogP contribution in [0.15, 0.2) is 12.1 Å². The normalized spacial score (nSPS) is 14.6. The third-order valence-electron chi connectivity index (χ3n) is 4.26. The van der Waals surface area contributed by atoms with Crippen molar-refractivity contribution >= 4 is 11.8 Å². The Morgan fingerprint density at radius 2 is 1.52 bits per heavy atom. The zero-order valence-corrected chi connectivity index (χ0v) is 14.2. The molecule has 6 nitrogen and oxygen atoms in total. The summed E-state index contributed by atoms with van der Waals surface area (Å²) in [5.41, 5.74) is 1.93. The number of benzene rings is 1. The largest absolute Gasteiger partial charge is 0.493 e. The van der Waals surface area contributed by atoms with Gasteiger partial charge in [0.25, 0.3) is 0 Å². The number of ether oxygens (including phenoxy) is 2. The summed E-state index contributed by atoms with van der Waals surface area (Å²) in [6.07, 6.45) is 0.326. The molecule has 1 aromatic carbocycles. The SMILES string of the molecule is COc1cc(C)c(CC(=O)N2CCN(C(C)=O)CC2)cc1OC. The Bertz CT molecular complexity index is 593. The average Bonchev–Trinajstić information content (AvgIpc) is 2.56. The second kappa shape index (κ2) is 7.35. The van der Waals surface area contributed by atoms with E-state index in [1.165, 1.54) is 0 Å². The van der Waals surface area contributed by atoms with Gasteiger partial charge in [0.15, 0.2) is 11.5 Å². The number of hydrogen-bond donors (Lipinski definition) is 0. The molecule has 0 spiro atoms. The number of methoxy groups -OCH3 is 2. The lowest BCUT2D eigenvalue weighted by Crippen LogP contribution is -2.50. The number of carbonyl (C=O) groups excluding carboxylic acids is 2. The molecule has 23 heavy (non-hydrogen) atoms. The third-order valence-corrected chi connectivity index (χ3v) is 4.26. The van der Waals surface area contributed by atoms with Crippen LogP contribution >= 0.6 is 0 Å². The summed E-state index contributed by atoms with van der Waals surface area (Å²) in [7, 11) is 3.18. The molecule has 1 saturated heterocycles. The Hall–Kier alpha value is -2.24. The van der Waals surface area contributed by atoms with Crippen LogP contribution in [0.4, 0.5) is 0 Å². The van der Waals surface area contributed by atoms with E-state index in [1.807, 2.05) is 24.0 Å². The highest BCUT2D eigenvalue weighted by Gasteiger charge is 2.23. The summed E-state index contributed by atoms with van der Waals surface area (Å²) in [5, 5.41) is 0. The molecular weight excluding hydrogens is 296 g/mol. The first-order valence-electron chi connectivity index (χ1n) is 7.71. The number of piperazine rings is 1. The van der Waals surface area contributed by atoms with Gasteiger partial charge in [-0.3, -0.25) is 9.59 Å². The minimum Gasteiger partial charge on any atom is -0.493 e. The van der Waals surface area contributed by atoms with Crippen molar-refractivity contribution in [2.45, 2.75) is 20.3 Å². The van der Waals surface area contributed by atoms with Gasteiger partial charge < -0.3 is 19.3 Å². The molecule has 1 aliphatic heterocycles. The second-order valence-electron chi connectivity index (χ2n) is 5.70. The van der Waals surface area contributed by atoms with Crippen molar-refractivity contribution in [3.05, 3.63) is 23.3 Å². The van der Waals surface area contributed by atoms with Gasteiger partial charge in [0, 0.05) is 33.1 Å². The van der Waals surface area contributed by atoms with E-state index in [4.69, 9.17) is 9.47 Å². The highest BCUT2D eigenvalue weighted by molar-refractivity contribution is 5.80. The summed E-state index contributed by atoms with van der Waals surface area (Å²) < 4.78 is 10.6. The molecule has 2 rings (SSSR count). The Balaban J connectivity index is 2.05. The molecule has 0 bridgehead atoms. The lowest BCUT2D eigenvalue weighted by Gasteiger charge is -2.34. The van der Waals surface area contributed by atoms with E-state index in [0.717, 1.165) is 11.1 Å². The van der Waals surface area contributed by atoms with E-state index < -0.39 is 0 Å². The first-order valence-corrected chi connectivity index (χ1v) is 7.71. The Morgan fingerprint density at radius 3 is 2.04 bits per heavy atom. The highest BCUT2D eigenvalue weighted by atomic mass is 16.5. The number of rotatable bonds is 4. The van der Waals surface area contributed by atoms with Crippen LogP contribution in [0.1, 0.15) is 18.1 Å². The highest BCUT2D eigenvalue weighted by Crippen LogP contribution is 2.30. The van der Waals surface area contributed by atoms with Gasteiger partial charge in [-0.25, -0.2) is 0 Å². The molecule has 0 N–H and O–H groups in total. The summed E-state index contributed by atoms with van der Waals surface area (Å²) in [5.74, 6) is 1.43. The van der Waals surface area contributed by atoms with Crippen molar-refractivity contribution in [3.8, 4) is 11.5 Å². The van der Waals surface area contributed by atoms with E-state index in [0.29, 0.717) is 44.1 Å². The molecule has 6 heteroatoms. The lowest BCUT2D eigenvalue weighted by molar-refractivity contribution is -0.138. The number of nitrogens with zero attached hydrogens (tertiary/aromatic N) is 2. The maximum Gasteiger partial charge on any atom is 0.227 e. The summed E-state index contributed by atoms with van der Waals surface area (Å²) >= 11 is 0. The monoisotopic (exact) mass is 320 g/mol. The van der Waals surface area contributed by atoms with Crippen LogP contribution in [0.2, 0.25) is 0 Å². The molecule has 2 amide bonds. The molecule has 0 saturated carbocycles. The maximum atomic E-state index is 12.5. The molecule has 0 unspecified atom stereocenters. The maximum absolute atomic E-state index is 12.5. The molecule has 0 aromatic heterocycles. The van der Waals surface area contributed by atoms with Gasteiger partial charge in [-0.05, 0) is 30.2 Å². The fourth-order valence-electron chi connectivity index (χ4n) is 2.76. The Morgan fingerprint density at radius 1 is 1.00 bits per heavy atom. The fourth-order valence-corrected chi connectivity index (χ4v) is 2.76. The number of hydrogen-bond acceptors (Lipinski definition) is 4. The minimum absolute atomic E-state index is 0.0628. The first-order chi connectivity index (χ1) is 11.0. The average molecular weight is 320 g/mol. The predicted molar refractivity (Wildman–Crippen MR) is 86.8 cm³/mol. The molecule has 0 aliphatic carbocycles.